The molecule has 0 spiro atoms. The van der Waals surface area contributed by atoms with Gasteiger partial charge in [-0.05, 0) is 31.1 Å². The zero-order valence-electron chi connectivity index (χ0n) is 10.6. The highest BCUT2D eigenvalue weighted by Crippen LogP contribution is 2.38. The van der Waals surface area contributed by atoms with Crippen molar-refractivity contribution in [2.75, 3.05) is 0 Å². The summed E-state index contributed by atoms with van der Waals surface area (Å²) in [5.74, 6) is -10.7. The molecule has 0 aromatic heterocycles. The molecule has 8 nitrogen and oxygen atoms in total. The summed E-state index contributed by atoms with van der Waals surface area (Å²) in [7, 11) is 0. The molecule has 0 bridgehead atoms. The van der Waals surface area contributed by atoms with Crippen LogP contribution in [0.25, 0.3) is 0 Å². The average Bonchev–Trinajstić information content (AvgIpc) is 2.27. The minimum absolute atomic E-state index is 0.0213. The van der Waals surface area contributed by atoms with Gasteiger partial charge in [0, 0.05) is 0 Å². The molecule has 1 fully saturated rings. The first kappa shape index (κ1) is 15.9. The van der Waals surface area contributed by atoms with Gasteiger partial charge in [-0.25, -0.2) is 0 Å². The number of aliphatic carboxylic acids is 4. The minimum atomic E-state index is -1.62. The molecule has 1 rings (SSSR count). The molecule has 4 N–H and O–H groups in total. The SMILES string of the molecule is O=C(O)C(C(=O)O)C1CCCC(C(C(=O)O)C(=O)O)C1. The van der Waals surface area contributed by atoms with Crippen molar-refractivity contribution in [3.63, 3.8) is 0 Å². The number of hydrogen-bond donors (Lipinski definition) is 4. The molecule has 1 aliphatic rings. The number of hydrogen-bond acceptors (Lipinski definition) is 4. The Hall–Kier alpha value is -2.12. The van der Waals surface area contributed by atoms with E-state index in [1.54, 1.807) is 0 Å². The third-order valence-corrected chi connectivity index (χ3v) is 3.76. The van der Waals surface area contributed by atoms with Gasteiger partial charge in [0.15, 0.2) is 11.8 Å². The maximum Gasteiger partial charge on any atom is 0.318 e. The van der Waals surface area contributed by atoms with Crippen LogP contribution in [0.3, 0.4) is 0 Å². The first-order valence-corrected chi connectivity index (χ1v) is 6.17. The van der Waals surface area contributed by atoms with Crippen molar-refractivity contribution >= 4 is 23.9 Å². The van der Waals surface area contributed by atoms with E-state index >= 15 is 0 Å². The van der Waals surface area contributed by atoms with Crippen molar-refractivity contribution in [2.24, 2.45) is 23.7 Å². The van der Waals surface area contributed by atoms with E-state index in [0.29, 0.717) is 19.3 Å². The molecule has 0 amide bonds. The minimum Gasteiger partial charge on any atom is -0.481 e. The van der Waals surface area contributed by atoms with Gasteiger partial charge < -0.3 is 20.4 Å². The van der Waals surface area contributed by atoms with Crippen LogP contribution in [-0.2, 0) is 19.2 Å². The van der Waals surface area contributed by atoms with Gasteiger partial charge in [0.25, 0.3) is 0 Å². The molecule has 8 heteroatoms. The topological polar surface area (TPSA) is 149 Å². The van der Waals surface area contributed by atoms with Crippen LogP contribution in [0, 0.1) is 23.7 Å². The lowest BCUT2D eigenvalue weighted by Gasteiger charge is -2.32. The normalized spacial score (nSPS) is 22.7. The summed E-state index contributed by atoms with van der Waals surface area (Å²) in [6.07, 6.45) is 1.08. The lowest BCUT2D eigenvalue weighted by molar-refractivity contribution is -0.159. The molecule has 0 aliphatic heterocycles. The lowest BCUT2D eigenvalue weighted by Crippen LogP contribution is -2.39. The Morgan fingerprint density at radius 2 is 1.00 bits per heavy atom. The summed E-state index contributed by atoms with van der Waals surface area (Å²) >= 11 is 0. The van der Waals surface area contributed by atoms with E-state index in [0.717, 1.165) is 0 Å². The average molecular weight is 288 g/mol. The van der Waals surface area contributed by atoms with E-state index in [2.05, 4.69) is 0 Å². The molecule has 2 unspecified atom stereocenters. The van der Waals surface area contributed by atoms with Gasteiger partial charge in [0.05, 0.1) is 0 Å². The molecule has 2 atom stereocenters. The Kier molecular flexibility index (Phi) is 5.06. The molecule has 0 aromatic rings. The van der Waals surface area contributed by atoms with Crippen molar-refractivity contribution in [3.8, 4) is 0 Å². The quantitative estimate of drug-likeness (QED) is 0.512. The first-order valence-electron chi connectivity index (χ1n) is 6.17. The Morgan fingerprint density at radius 3 is 1.25 bits per heavy atom. The standard InChI is InChI=1S/C12H16O8/c13-9(14)7(10(15)16)5-2-1-3-6(4-5)8(11(17)18)12(19)20/h5-8H,1-4H2,(H,13,14)(H,15,16)(H,17,18)(H,19,20). The number of carbonyl (C=O) groups is 4. The van der Waals surface area contributed by atoms with Crippen LogP contribution in [0.1, 0.15) is 25.7 Å². The van der Waals surface area contributed by atoms with Crippen LogP contribution >= 0.6 is 0 Å². The summed E-state index contributed by atoms with van der Waals surface area (Å²) in [5.41, 5.74) is 0. The van der Waals surface area contributed by atoms with Crippen LogP contribution < -0.4 is 0 Å². The smallest absolute Gasteiger partial charge is 0.318 e. The fourth-order valence-electron chi connectivity index (χ4n) is 2.89. The second-order valence-corrected chi connectivity index (χ2v) is 5.00. The maximum absolute atomic E-state index is 11.0. The predicted octanol–water partition coefficient (Wildman–Crippen LogP) is 0.364. The van der Waals surface area contributed by atoms with Crippen molar-refractivity contribution in [1.82, 2.24) is 0 Å². The van der Waals surface area contributed by atoms with Crippen LogP contribution in [0.4, 0.5) is 0 Å². The molecule has 112 valence electrons. The molecular formula is C12H16O8. The molecule has 0 aromatic carbocycles. The molecule has 0 radical (unpaired) electrons. The summed E-state index contributed by atoms with van der Waals surface area (Å²) in [6.45, 7) is 0. The Morgan fingerprint density at radius 1 is 0.700 bits per heavy atom. The van der Waals surface area contributed by atoms with Crippen molar-refractivity contribution in [2.45, 2.75) is 25.7 Å². The maximum atomic E-state index is 11.0. The van der Waals surface area contributed by atoms with Gasteiger partial charge in [0.1, 0.15) is 0 Å². The van der Waals surface area contributed by atoms with Gasteiger partial charge in [-0.2, -0.15) is 0 Å². The molecule has 20 heavy (non-hydrogen) atoms. The van der Waals surface area contributed by atoms with Crippen molar-refractivity contribution in [3.05, 3.63) is 0 Å². The van der Waals surface area contributed by atoms with Gasteiger partial charge in [-0.1, -0.05) is 6.42 Å². The number of carboxylic acids is 4. The first-order chi connectivity index (χ1) is 9.25. The number of carboxylic acid groups (broad SMARTS) is 4. The van der Waals surface area contributed by atoms with Crippen LogP contribution in [0.15, 0.2) is 0 Å². The van der Waals surface area contributed by atoms with Gasteiger partial charge in [-0.15, -0.1) is 0 Å². The summed E-state index contributed by atoms with van der Waals surface area (Å²) in [6, 6.07) is 0. The summed E-state index contributed by atoms with van der Waals surface area (Å²) < 4.78 is 0. The fraction of sp³-hybridized carbons (Fsp3) is 0.667. The van der Waals surface area contributed by atoms with Crippen molar-refractivity contribution in [1.29, 1.82) is 0 Å². The van der Waals surface area contributed by atoms with E-state index in [9.17, 15) is 19.2 Å². The van der Waals surface area contributed by atoms with E-state index in [1.165, 1.54) is 0 Å². The van der Waals surface area contributed by atoms with Crippen molar-refractivity contribution < 1.29 is 39.6 Å². The highest BCUT2D eigenvalue weighted by molar-refractivity contribution is 5.94. The third-order valence-electron chi connectivity index (χ3n) is 3.76. The molecule has 0 saturated heterocycles. The Balaban J connectivity index is 2.90. The largest absolute Gasteiger partial charge is 0.481 e. The van der Waals surface area contributed by atoms with Gasteiger partial charge >= 0.3 is 23.9 Å². The monoisotopic (exact) mass is 288 g/mol. The van der Waals surface area contributed by atoms with E-state index in [-0.39, 0.29) is 6.42 Å². The second kappa shape index (κ2) is 6.36. The zero-order chi connectivity index (χ0) is 15.4. The van der Waals surface area contributed by atoms with E-state index in [4.69, 9.17) is 20.4 Å². The predicted molar refractivity (Wildman–Crippen MR) is 63.0 cm³/mol. The number of rotatable bonds is 6. The van der Waals surface area contributed by atoms with E-state index < -0.39 is 47.5 Å². The van der Waals surface area contributed by atoms with Gasteiger partial charge in [-0.3, -0.25) is 19.2 Å². The molecule has 0 heterocycles. The summed E-state index contributed by atoms with van der Waals surface area (Å²) in [4.78, 5) is 43.9. The second-order valence-electron chi connectivity index (χ2n) is 5.00. The van der Waals surface area contributed by atoms with Crippen LogP contribution in [0.5, 0.6) is 0 Å². The Bertz CT molecular complexity index is 363. The lowest BCUT2D eigenvalue weighted by atomic mass is 9.71. The van der Waals surface area contributed by atoms with Gasteiger partial charge in [0.2, 0.25) is 0 Å². The Labute approximate surface area is 114 Å². The highest BCUT2D eigenvalue weighted by Gasteiger charge is 2.43. The third kappa shape index (κ3) is 3.46. The van der Waals surface area contributed by atoms with Crippen LogP contribution in [0.2, 0.25) is 0 Å². The highest BCUT2D eigenvalue weighted by atomic mass is 16.4. The fourth-order valence-corrected chi connectivity index (χ4v) is 2.89. The molecule has 1 aliphatic carbocycles. The molecule has 1 saturated carbocycles. The van der Waals surface area contributed by atoms with E-state index in [1.807, 2.05) is 0 Å². The zero-order valence-corrected chi connectivity index (χ0v) is 10.6. The summed E-state index contributed by atoms with van der Waals surface area (Å²) in [5, 5.41) is 35.7. The molecular weight excluding hydrogens is 272 g/mol. The van der Waals surface area contributed by atoms with Crippen LogP contribution in [-0.4, -0.2) is 44.3 Å².